The molecule has 0 atom stereocenters. The number of amides is 2. The van der Waals surface area contributed by atoms with E-state index in [9.17, 15) is 9.59 Å². The molecular formula is C22H32N2O4. The van der Waals surface area contributed by atoms with Gasteiger partial charge in [0.2, 0.25) is 11.8 Å². The van der Waals surface area contributed by atoms with Crippen molar-refractivity contribution >= 4 is 11.8 Å². The van der Waals surface area contributed by atoms with E-state index in [0.717, 1.165) is 42.8 Å². The summed E-state index contributed by atoms with van der Waals surface area (Å²) in [5, 5.41) is 3.10. The molecule has 0 aromatic carbocycles. The van der Waals surface area contributed by atoms with Crippen molar-refractivity contribution in [2.24, 2.45) is 23.2 Å². The number of hydrogen-bond donors (Lipinski definition) is 1. The topological polar surface area (TPSA) is 71.8 Å². The molecule has 5 rings (SSSR count). The number of hydrogen-bond acceptors (Lipinski definition) is 4. The van der Waals surface area contributed by atoms with Crippen molar-refractivity contribution in [2.75, 3.05) is 26.8 Å². The smallest absolute Gasteiger partial charge is 0.226 e. The van der Waals surface area contributed by atoms with Gasteiger partial charge < -0.3 is 19.4 Å². The van der Waals surface area contributed by atoms with Gasteiger partial charge in [-0.05, 0) is 68.4 Å². The van der Waals surface area contributed by atoms with Gasteiger partial charge in [0.05, 0.1) is 19.4 Å². The summed E-state index contributed by atoms with van der Waals surface area (Å²) in [6.45, 7) is 1.82. The van der Waals surface area contributed by atoms with Crippen molar-refractivity contribution in [1.82, 2.24) is 10.2 Å². The van der Waals surface area contributed by atoms with Crippen LogP contribution in [0.1, 0.15) is 50.7 Å². The first kappa shape index (κ1) is 19.5. The van der Waals surface area contributed by atoms with Crippen LogP contribution in [0.2, 0.25) is 0 Å². The molecule has 28 heavy (non-hydrogen) atoms. The first-order valence-corrected chi connectivity index (χ1v) is 10.7. The van der Waals surface area contributed by atoms with Crippen LogP contribution in [0.5, 0.6) is 0 Å². The van der Waals surface area contributed by atoms with Gasteiger partial charge in [-0.1, -0.05) is 0 Å². The van der Waals surface area contributed by atoms with Gasteiger partial charge in [0.15, 0.2) is 0 Å². The lowest BCUT2D eigenvalue weighted by atomic mass is 9.49. The summed E-state index contributed by atoms with van der Waals surface area (Å²) in [5.41, 5.74) is -0.151. The van der Waals surface area contributed by atoms with Crippen molar-refractivity contribution in [3.05, 3.63) is 24.2 Å². The zero-order valence-electron chi connectivity index (χ0n) is 16.8. The molecule has 1 N–H and O–H groups in total. The van der Waals surface area contributed by atoms with Crippen LogP contribution in [-0.4, -0.2) is 43.5 Å². The molecule has 1 aromatic heterocycles. The highest BCUT2D eigenvalue weighted by Crippen LogP contribution is 2.60. The first-order chi connectivity index (χ1) is 13.6. The normalized spacial score (nSPS) is 30.4. The lowest BCUT2D eigenvalue weighted by Crippen LogP contribution is -2.53. The Labute approximate surface area is 167 Å². The Hall–Kier alpha value is -1.82. The molecule has 1 aromatic rings. The van der Waals surface area contributed by atoms with E-state index < -0.39 is 0 Å². The van der Waals surface area contributed by atoms with E-state index in [2.05, 4.69) is 5.32 Å². The monoisotopic (exact) mass is 388 g/mol. The Balaban J connectivity index is 1.28. The van der Waals surface area contributed by atoms with Gasteiger partial charge in [0.25, 0.3) is 0 Å². The Kier molecular flexibility index (Phi) is 5.76. The molecule has 4 aliphatic rings. The lowest BCUT2D eigenvalue weighted by molar-refractivity contribution is -0.146. The Morgan fingerprint density at radius 1 is 1.21 bits per heavy atom. The third kappa shape index (κ3) is 4.12. The number of carbonyl (C=O) groups excluding carboxylic acids is 2. The molecule has 4 bridgehead atoms. The second-order valence-electron chi connectivity index (χ2n) is 9.09. The number of nitrogens with one attached hydrogen (secondary N) is 1. The van der Waals surface area contributed by atoms with Gasteiger partial charge in [-0.25, -0.2) is 0 Å². The first-order valence-electron chi connectivity index (χ1n) is 10.7. The number of nitrogens with zero attached hydrogens (tertiary/aromatic N) is 1. The summed E-state index contributed by atoms with van der Waals surface area (Å²) >= 11 is 0. The third-order valence-electron chi connectivity index (χ3n) is 6.99. The van der Waals surface area contributed by atoms with Crippen molar-refractivity contribution in [3.63, 3.8) is 0 Å². The number of ether oxygens (including phenoxy) is 1. The highest BCUT2D eigenvalue weighted by molar-refractivity contribution is 5.84. The molecule has 0 unspecified atom stereocenters. The van der Waals surface area contributed by atoms with E-state index in [1.807, 2.05) is 12.1 Å². The molecule has 1 heterocycles. The molecule has 0 aliphatic heterocycles. The van der Waals surface area contributed by atoms with Gasteiger partial charge in [0.1, 0.15) is 5.76 Å². The molecule has 154 valence electrons. The quantitative estimate of drug-likeness (QED) is 0.706. The summed E-state index contributed by atoms with van der Waals surface area (Å²) in [4.78, 5) is 27.4. The zero-order valence-corrected chi connectivity index (χ0v) is 16.8. The highest BCUT2D eigenvalue weighted by atomic mass is 16.5. The minimum Gasteiger partial charge on any atom is -0.467 e. The van der Waals surface area contributed by atoms with Crippen LogP contribution >= 0.6 is 0 Å². The molecule has 0 radical (unpaired) electrons. The molecule has 4 aliphatic carbocycles. The van der Waals surface area contributed by atoms with Crippen LogP contribution in [-0.2, 0) is 20.9 Å². The van der Waals surface area contributed by atoms with Gasteiger partial charge in [-0.3, -0.25) is 9.59 Å². The second-order valence-corrected chi connectivity index (χ2v) is 9.09. The van der Waals surface area contributed by atoms with Gasteiger partial charge in [-0.15, -0.1) is 0 Å². The van der Waals surface area contributed by atoms with Crippen LogP contribution in [0.3, 0.4) is 0 Å². The van der Waals surface area contributed by atoms with Crippen LogP contribution in [0, 0.1) is 23.2 Å². The fourth-order valence-corrected chi connectivity index (χ4v) is 6.10. The van der Waals surface area contributed by atoms with Crippen LogP contribution in [0.25, 0.3) is 0 Å². The fraction of sp³-hybridized carbons (Fsp3) is 0.727. The maximum atomic E-state index is 13.0. The standard InChI is InChI=1S/C22H32N2O4/c1-27-8-6-24(15-19-3-2-7-28-19)20(25)4-5-23-21(26)22-12-16-9-17(13-22)11-18(10-16)14-22/h2-3,7,16-18H,4-6,8-15H2,1H3,(H,23,26). The van der Waals surface area contributed by atoms with Crippen LogP contribution < -0.4 is 5.32 Å². The number of carbonyl (C=O) groups is 2. The molecule has 4 fully saturated rings. The molecular weight excluding hydrogens is 356 g/mol. The zero-order chi connectivity index (χ0) is 19.6. The number of rotatable bonds is 9. The summed E-state index contributed by atoms with van der Waals surface area (Å²) < 4.78 is 10.5. The molecule has 0 saturated heterocycles. The predicted octanol–water partition coefficient (Wildman–Crippen LogP) is 2.98. The second kappa shape index (κ2) is 8.27. The number of furan rings is 1. The summed E-state index contributed by atoms with van der Waals surface area (Å²) in [7, 11) is 1.63. The molecule has 6 nitrogen and oxygen atoms in total. The van der Waals surface area contributed by atoms with Gasteiger partial charge in [0, 0.05) is 32.0 Å². The van der Waals surface area contributed by atoms with Crippen molar-refractivity contribution in [3.8, 4) is 0 Å². The van der Waals surface area contributed by atoms with Crippen LogP contribution in [0.15, 0.2) is 22.8 Å². The molecule has 0 spiro atoms. The van der Waals surface area contributed by atoms with E-state index in [1.165, 1.54) is 19.3 Å². The minimum atomic E-state index is -0.151. The number of methoxy groups -OCH3 is 1. The van der Waals surface area contributed by atoms with Crippen molar-refractivity contribution < 1.29 is 18.7 Å². The maximum Gasteiger partial charge on any atom is 0.226 e. The summed E-state index contributed by atoms with van der Waals surface area (Å²) in [6, 6.07) is 3.68. The molecule has 2 amide bonds. The predicted molar refractivity (Wildman–Crippen MR) is 104 cm³/mol. The van der Waals surface area contributed by atoms with Gasteiger partial charge in [-0.2, -0.15) is 0 Å². The summed E-state index contributed by atoms with van der Waals surface area (Å²) in [5.74, 6) is 3.19. The third-order valence-corrected chi connectivity index (χ3v) is 6.99. The van der Waals surface area contributed by atoms with Crippen molar-refractivity contribution in [1.29, 1.82) is 0 Å². The maximum absolute atomic E-state index is 13.0. The Morgan fingerprint density at radius 2 is 1.89 bits per heavy atom. The molecule has 4 saturated carbocycles. The average Bonchev–Trinajstić information content (AvgIpc) is 3.17. The van der Waals surface area contributed by atoms with E-state index in [4.69, 9.17) is 9.15 Å². The average molecular weight is 389 g/mol. The van der Waals surface area contributed by atoms with Crippen LogP contribution in [0.4, 0.5) is 0 Å². The largest absolute Gasteiger partial charge is 0.467 e. The Morgan fingerprint density at radius 3 is 2.46 bits per heavy atom. The van der Waals surface area contributed by atoms with E-state index in [-0.39, 0.29) is 17.2 Å². The fourth-order valence-electron chi connectivity index (χ4n) is 6.10. The van der Waals surface area contributed by atoms with E-state index in [0.29, 0.717) is 32.7 Å². The Bertz CT molecular complexity index is 649. The van der Waals surface area contributed by atoms with E-state index in [1.54, 1.807) is 18.3 Å². The highest BCUT2D eigenvalue weighted by Gasteiger charge is 2.54. The lowest BCUT2D eigenvalue weighted by Gasteiger charge is -2.55. The molecule has 6 heteroatoms. The van der Waals surface area contributed by atoms with Gasteiger partial charge >= 0.3 is 0 Å². The van der Waals surface area contributed by atoms with Crippen molar-refractivity contribution in [2.45, 2.75) is 51.5 Å². The van der Waals surface area contributed by atoms with E-state index >= 15 is 0 Å². The summed E-state index contributed by atoms with van der Waals surface area (Å²) in [6.07, 6.45) is 9.05. The SMILES string of the molecule is COCCN(Cc1ccco1)C(=O)CCNC(=O)C12CC3CC(CC(C3)C1)C2. The minimum absolute atomic E-state index is 0.0132.